The molecule has 0 aliphatic carbocycles. The molecule has 1 N–H and O–H groups in total. The zero-order valence-electron chi connectivity index (χ0n) is 17.3. The highest BCUT2D eigenvalue weighted by molar-refractivity contribution is 14.1. The molecule has 0 aromatic heterocycles. The zero-order chi connectivity index (χ0) is 21.8. The molecular formula is C25H24IN3O2. The quantitative estimate of drug-likeness (QED) is 0.498. The Morgan fingerprint density at radius 2 is 1.48 bits per heavy atom. The van der Waals surface area contributed by atoms with E-state index in [9.17, 15) is 9.59 Å². The number of carbonyl (C=O) groups excluding carboxylic acids is 2. The highest BCUT2D eigenvalue weighted by Crippen LogP contribution is 2.21. The van der Waals surface area contributed by atoms with Crippen molar-refractivity contribution in [1.29, 1.82) is 0 Å². The van der Waals surface area contributed by atoms with Crippen molar-refractivity contribution < 1.29 is 9.59 Å². The third kappa shape index (κ3) is 5.07. The molecule has 5 nitrogen and oxygen atoms in total. The molecule has 1 aliphatic rings. The first kappa shape index (κ1) is 21.4. The Morgan fingerprint density at radius 3 is 2.13 bits per heavy atom. The predicted octanol–water partition coefficient (Wildman–Crippen LogP) is 4.81. The van der Waals surface area contributed by atoms with Gasteiger partial charge in [0.05, 0.1) is 5.56 Å². The monoisotopic (exact) mass is 525 g/mol. The van der Waals surface area contributed by atoms with Crippen LogP contribution in [0.5, 0.6) is 0 Å². The van der Waals surface area contributed by atoms with E-state index in [1.165, 1.54) is 0 Å². The summed E-state index contributed by atoms with van der Waals surface area (Å²) in [5, 5.41) is 2.96. The van der Waals surface area contributed by atoms with E-state index in [0.717, 1.165) is 39.2 Å². The van der Waals surface area contributed by atoms with Gasteiger partial charge in [-0.2, -0.15) is 0 Å². The van der Waals surface area contributed by atoms with Crippen LogP contribution in [0.2, 0.25) is 0 Å². The van der Waals surface area contributed by atoms with Crippen LogP contribution in [0.25, 0.3) is 0 Å². The van der Waals surface area contributed by atoms with Crippen molar-refractivity contribution >= 4 is 45.8 Å². The fourth-order valence-corrected chi connectivity index (χ4v) is 4.28. The lowest BCUT2D eigenvalue weighted by Crippen LogP contribution is -2.48. The molecule has 1 fully saturated rings. The molecule has 158 valence electrons. The minimum atomic E-state index is -0.110. The lowest BCUT2D eigenvalue weighted by Gasteiger charge is -2.36. The largest absolute Gasteiger partial charge is 0.368 e. The zero-order valence-corrected chi connectivity index (χ0v) is 19.5. The lowest BCUT2D eigenvalue weighted by atomic mass is 10.1. The van der Waals surface area contributed by atoms with Crippen LogP contribution in [-0.4, -0.2) is 42.9 Å². The summed E-state index contributed by atoms with van der Waals surface area (Å²) in [6.07, 6.45) is 0. The summed E-state index contributed by atoms with van der Waals surface area (Å²) in [5.41, 5.74) is 4.42. The van der Waals surface area contributed by atoms with Gasteiger partial charge in [0.2, 0.25) is 0 Å². The Labute approximate surface area is 196 Å². The van der Waals surface area contributed by atoms with E-state index in [1.54, 1.807) is 0 Å². The molecule has 1 aliphatic heterocycles. The minimum Gasteiger partial charge on any atom is -0.368 e. The van der Waals surface area contributed by atoms with Crippen molar-refractivity contribution in [3.63, 3.8) is 0 Å². The fraction of sp³-hybridized carbons (Fsp3) is 0.200. The van der Waals surface area contributed by atoms with Crippen molar-refractivity contribution in [2.45, 2.75) is 6.92 Å². The Morgan fingerprint density at radius 1 is 0.839 bits per heavy atom. The number of amides is 2. The maximum absolute atomic E-state index is 12.7. The minimum absolute atomic E-state index is 0.0910. The number of hydrogen-bond acceptors (Lipinski definition) is 3. The van der Waals surface area contributed by atoms with Crippen LogP contribution in [0.15, 0.2) is 72.8 Å². The van der Waals surface area contributed by atoms with Crippen molar-refractivity contribution in [2.75, 3.05) is 36.4 Å². The number of nitrogens with one attached hydrogen (secondary N) is 1. The molecule has 0 spiro atoms. The Kier molecular flexibility index (Phi) is 6.56. The van der Waals surface area contributed by atoms with E-state index in [1.807, 2.05) is 84.6 Å². The second-order valence-corrected chi connectivity index (χ2v) is 8.79. The van der Waals surface area contributed by atoms with Crippen LogP contribution in [0, 0.1) is 10.5 Å². The summed E-state index contributed by atoms with van der Waals surface area (Å²) in [4.78, 5) is 29.4. The van der Waals surface area contributed by atoms with Gasteiger partial charge in [-0.15, -0.1) is 0 Å². The smallest absolute Gasteiger partial charge is 0.256 e. The number of halogens is 1. The van der Waals surface area contributed by atoms with Gasteiger partial charge in [0, 0.05) is 46.7 Å². The summed E-state index contributed by atoms with van der Waals surface area (Å²) in [6, 6.07) is 23.1. The van der Waals surface area contributed by atoms with Crippen molar-refractivity contribution in [1.82, 2.24) is 4.90 Å². The number of rotatable bonds is 4. The van der Waals surface area contributed by atoms with Crippen molar-refractivity contribution in [3.8, 4) is 0 Å². The number of carbonyl (C=O) groups is 2. The number of piperazine rings is 1. The van der Waals surface area contributed by atoms with Crippen molar-refractivity contribution in [2.24, 2.45) is 0 Å². The van der Waals surface area contributed by atoms with Gasteiger partial charge in [0.1, 0.15) is 0 Å². The van der Waals surface area contributed by atoms with Crippen LogP contribution >= 0.6 is 22.6 Å². The van der Waals surface area contributed by atoms with Gasteiger partial charge in [-0.25, -0.2) is 0 Å². The summed E-state index contributed by atoms with van der Waals surface area (Å²) < 4.78 is 0.923. The van der Waals surface area contributed by atoms with Crippen LogP contribution < -0.4 is 10.2 Å². The van der Waals surface area contributed by atoms with Gasteiger partial charge >= 0.3 is 0 Å². The van der Waals surface area contributed by atoms with E-state index in [2.05, 4.69) is 32.8 Å². The summed E-state index contributed by atoms with van der Waals surface area (Å²) >= 11 is 2.17. The number of anilines is 2. The van der Waals surface area contributed by atoms with E-state index < -0.39 is 0 Å². The molecule has 2 amide bonds. The van der Waals surface area contributed by atoms with Crippen LogP contribution in [-0.2, 0) is 0 Å². The third-order valence-electron chi connectivity index (χ3n) is 5.47. The number of aryl methyl sites for hydroxylation is 1. The first-order valence-corrected chi connectivity index (χ1v) is 11.4. The molecule has 1 saturated heterocycles. The van der Waals surface area contributed by atoms with Crippen LogP contribution in [0.3, 0.4) is 0 Å². The molecule has 4 rings (SSSR count). The fourth-order valence-electron chi connectivity index (χ4n) is 3.65. The van der Waals surface area contributed by atoms with Crippen LogP contribution in [0.1, 0.15) is 26.3 Å². The average molecular weight is 525 g/mol. The second-order valence-electron chi connectivity index (χ2n) is 7.63. The number of benzene rings is 3. The van der Waals surface area contributed by atoms with Gasteiger partial charge in [-0.3, -0.25) is 9.59 Å². The molecular weight excluding hydrogens is 501 g/mol. The normalized spacial score (nSPS) is 13.7. The van der Waals surface area contributed by atoms with Crippen LogP contribution in [0.4, 0.5) is 11.4 Å². The molecule has 0 saturated carbocycles. The molecule has 0 unspecified atom stereocenters. The summed E-state index contributed by atoms with van der Waals surface area (Å²) in [5.74, 6) is -0.0192. The van der Waals surface area contributed by atoms with Gasteiger partial charge in [0.15, 0.2) is 0 Å². The molecule has 1 heterocycles. The Bertz CT molecular complexity index is 1070. The van der Waals surface area contributed by atoms with E-state index in [-0.39, 0.29) is 11.8 Å². The third-order valence-corrected chi connectivity index (χ3v) is 6.41. The standard InChI is InChI=1S/C25H24IN3O2/c1-18-6-8-19(9-7-18)25(31)29-16-14-28(15-17-29)21-12-10-20(11-13-21)27-24(30)22-4-2-3-5-23(22)26/h2-13H,14-17H2,1H3,(H,27,30). The van der Waals surface area contributed by atoms with Gasteiger partial charge in [-0.05, 0) is 78.0 Å². The maximum Gasteiger partial charge on any atom is 0.256 e. The maximum atomic E-state index is 12.7. The van der Waals surface area contributed by atoms with Gasteiger partial charge in [-0.1, -0.05) is 29.8 Å². The SMILES string of the molecule is Cc1ccc(C(=O)N2CCN(c3ccc(NC(=O)c4ccccc4I)cc3)CC2)cc1. The summed E-state index contributed by atoms with van der Waals surface area (Å²) in [6.45, 7) is 4.97. The highest BCUT2D eigenvalue weighted by atomic mass is 127. The summed E-state index contributed by atoms with van der Waals surface area (Å²) in [7, 11) is 0. The van der Waals surface area contributed by atoms with Gasteiger partial charge < -0.3 is 15.1 Å². The molecule has 6 heteroatoms. The molecule has 31 heavy (non-hydrogen) atoms. The predicted molar refractivity (Wildman–Crippen MR) is 133 cm³/mol. The topological polar surface area (TPSA) is 52.7 Å². The van der Waals surface area contributed by atoms with Crippen molar-refractivity contribution in [3.05, 3.63) is 93.1 Å². The second kappa shape index (κ2) is 9.51. The van der Waals surface area contributed by atoms with E-state index in [0.29, 0.717) is 18.7 Å². The Hall–Kier alpha value is -2.87. The molecule has 0 atom stereocenters. The average Bonchev–Trinajstić information content (AvgIpc) is 2.80. The molecule has 0 radical (unpaired) electrons. The number of hydrogen-bond donors (Lipinski definition) is 1. The van der Waals surface area contributed by atoms with E-state index in [4.69, 9.17) is 0 Å². The number of nitrogens with zero attached hydrogens (tertiary/aromatic N) is 2. The first-order valence-electron chi connectivity index (χ1n) is 10.3. The van der Waals surface area contributed by atoms with Gasteiger partial charge in [0.25, 0.3) is 11.8 Å². The molecule has 0 bridgehead atoms. The lowest BCUT2D eigenvalue weighted by molar-refractivity contribution is 0.0746. The Balaban J connectivity index is 1.34. The molecule has 3 aromatic carbocycles. The van der Waals surface area contributed by atoms with E-state index >= 15 is 0 Å². The first-order chi connectivity index (χ1) is 15.0. The molecule has 3 aromatic rings. The highest BCUT2D eigenvalue weighted by Gasteiger charge is 2.22.